The van der Waals surface area contributed by atoms with Crippen LogP contribution < -0.4 is 0 Å². The van der Waals surface area contributed by atoms with E-state index in [1.165, 1.54) is 18.2 Å². The quantitative estimate of drug-likeness (QED) is 0.857. The molecule has 2 nitrogen and oxygen atoms in total. The first kappa shape index (κ1) is 13.4. The third-order valence-electron chi connectivity index (χ3n) is 2.85. The number of rotatable bonds is 4. The van der Waals surface area contributed by atoms with Crippen molar-refractivity contribution in [3.05, 3.63) is 34.6 Å². The average molecular weight is 247 g/mol. The van der Waals surface area contributed by atoms with Crippen molar-refractivity contribution in [3.8, 4) is 0 Å². The second-order valence-corrected chi connectivity index (χ2v) is 4.57. The molecule has 4 heteroatoms. The maximum absolute atomic E-state index is 13.0. The molecule has 90 valence electrons. The first-order valence-electron chi connectivity index (χ1n) is 5.21. The molecule has 0 heterocycles. The van der Waals surface area contributed by atoms with Crippen LogP contribution in [0.2, 0.25) is 5.02 Å². The molecule has 0 aromatic heterocycles. The molecule has 0 bridgehead atoms. The van der Waals surface area contributed by atoms with E-state index in [4.69, 9.17) is 11.6 Å². The Morgan fingerprint density at radius 2 is 2.12 bits per heavy atom. The standard InChI is InChI=1S/C12H16ClFO2/c1-3-12(2,16)11(15)7-8-6-9(14)4-5-10(8)13/h4-6,11,15-16H,3,7H2,1-2H3. The second kappa shape index (κ2) is 5.13. The van der Waals surface area contributed by atoms with Gasteiger partial charge >= 0.3 is 0 Å². The number of aliphatic hydroxyl groups excluding tert-OH is 1. The SMILES string of the molecule is CCC(C)(O)C(O)Cc1cc(F)ccc1Cl. The van der Waals surface area contributed by atoms with E-state index in [9.17, 15) is 14.6 Å². The van der Waals surface area contributed by atoms with E-state index in [1.807, 2.05) is 0 Å². The van der Waals surface area contributed by atoms with Gasteiger partial charge in [0.2, 0.25) is 0 Å². The molecular weight excluding hydrogens is 231 g/mol. The molecule has 0 spiro atoms. The van der Waals surface area contributed by atoms with Gasteiger partial charge in [-0.15, -0.1) is 0 Å². The van der Waals surface area contributed by atoms with Crippen LogP contribution in [-0.2, 0) is 6.42 Å². The van der Waals surface area contributed by atoms with Crippen molar-refractivity contribution in [1.82, 2.24) is 0 Å². The molecule has 0 aliphatic rings. The first-order chi connectivity index (χ1) is 7.36. The zero-order valence-electron chi connectivity index (χ0n) is 9.37. The van der Waals surface area contributed by atoms with Crippen molar-refractivity contribution in [2.24, 2.45) is 0 Å². The Balaban J connectivity index is 2.84. The first-order valence-corrected chi connectivity index (χ1v) is 5.59. The molecule has 1 aromatic rings. The molecule has 0 aliphatic carbocycles. The van der Waals surface area contributed by atoms with E-state index in [-0.39, 0.29) is 6.42 Å². The summed E-state index contributed by atoms with van der Waals surface area (Å²) in [4.78, 5) is 0. The molecule has 1 aromatic carbocycles. The number of halogens is 2. The molecule has 0 amide bonds. The molecule has 2 N–H and O–H groups in total. The molecule has 1 rings (SSSR count). The summed E-state index contributed by atoms with van der Waals surface area (Å²) >= 11 is 5.87. The van der Waals surface area contributed by atoms with Crippen molar-refractivity contribution in [2.75, 3.05) is 0 Å². The number of benzene rings is 1. The summed E-state index contributed by atoms with van der Waals surface area (Å²) in [5.74, 6) is -0.400. The molecular formula is C12H16ClFO2. The summed E-state index contributed by atoms with van der Waals surface area (Å²) in [5, 5.41) is 20.0. The maximum atomic E-state index is 13.0. The minimum Gasteiger partial charge on any atom is -0.390 e. The van der Waals surface area contributed by atoms with Gasteiger partial charge in [0.25, 0.3) is 0 Å². The van der Waals surface area contributed by atoms with Crippen LogP contribution in [0, 0.1) is 5.82 Å². The van der Waals surface area contributed by atoms with E-state index >= 15 is 0 Å². The van der Waals surface area contributed by atoms with Crippen molar-refractivity contribution >= 4 is 11.6 Å². The monoisotopic (exact) mass is 246 g/mol. The van der Waals surface area contributed by atoms with E-state index < -0.39 is 17.5 Å². The molecule has 16 heavy (non-hydrogen) atoms. The summed E-state index contributed by atoms with van der Waals surface area (Å²) in [7, 11) is 0. The highest BCUT2D eigenvalue weighted by atomic mass is 35.5. The summed E-state index contributed by atoms with van der Waals surface area (Å²) in [6, 6.07) is 3.98. The molecule has 0 saturated carbocycles. The van der Waals surface area contributed by atoms with Crippen molar-refractivity contribution in [2.45, 2.75) is 38.4 Å². The molecule has 2 unspecified atom stereocenters. The van der Waals surface area contributed by atoms with Gasteiger partial charge in [-0.1, -0.05) is 18.5 Å². The Morgan fingerprint density at radius 1 is 1.50 bits per heavy atom. The van der Waals surface area contributed by atoms with Gasteiger partial charge in [-0.3, -0.25) is 0 Å². The third kappa shape index (κ3) is 3.17. The fraction of sp³-hybridized carbons (Fsp3) is 0.500. The highest BCUT2D eigenvalue weighted by Crippen LogP contribution is 2.23. The summed E-state index contributed by atoms with van der Waals surface area (Å²) in [6.07, 6.45) is -0.407. The highest BCUT2D eigenvalue weighted by Gasteiger charge is 2.28. The van der Waals surface area contributed by atoms with Crippen molar-refractivity contribution < 1.29 is 14.6 Å². The van der Waals surface area contributed by atoms with Gasteiger partial charge in [-0.2, -0.15) is 0 Å². The van der Waals surface area contributed by atoms with Gasteiger partial charge in [-0.25, -0.2) is 4.39 Å². The third-order valence-corrected chi connectivity index (χ3v) is 3.22. The van der Waals surface area contributed by atoms with Gasteiger partial charge < -0.3 is 10.2 Å². The van der Waals surface area contributed by atoms with Crippen LogP contribution >= 0.6 is 11.6 Å². The highest BCUT2D eigenvalue weighted by molar-refractivity contribution is 6.31. The van der Waals surface area contributed by atoms with Crippen LogP contribution in [0.5, 0.6) is 0 Å². The Morgan fingerprint density at radius 3 is 2.69 bits per heavy atom. The van der Waals surface area contributed by atoms with Gasteiger partial charge in [0.15, 0.2) is 0 Å². The van der Waals surface area contributed by atoms with Crippen molar-refractivity contribution in [1.29, 1.82) is 0 Å². The van der Waals surface area contributed by atoms with Crippen LogP contribution in [0.1, 0.15) is 25.8 Å². The Hall–Kier alpha value is -0.640. The minimum atomic E-state index is -1.18. The van der Waals surface area contributed by atoms with E-state index in [2.05, 4.69) is 0 Å². The van der Waals surface area contributed by atoms with Gasteiger partial charge in [0.1, 0.15) is 5.82 Å². The smallest absolute Gasteiger partial charge is 0.123 e. The minimum absolute atomic E-state index is 0.136. The van der Waals surface area contributed by atoms with E-state index in [0.717, 1.165) is 0 Å². The number of hydrogen-bond donors (Lipinski definition) is 2. The zero-order chi connectivity index (χ0) is 12.3. The fourth-order valence-electron chi connectivity index (χ4n) is 1.36. The lowest BCUT2D eigenvalue weighted by atomic mass is 9.91. The largest absolute Gasteiger partial charge is 0.390 e. The molecule has 0 fully saturated rings. The van der Waals surface area contributed by atoms with Crippen molar-refractivity contribution in [3.63, 3.8) is 0 Å². The molecule has 0 saturated heterocycles. The summed E-state index contributed by atoms with van der Waals surface area (Å²) in [5.41, 5.74) is -0.682. The van der Waals surface area contributed by atoms with Crippen LogP contribution in [0.4, 0.5) is 4.39 Å². The van der Waals surface area contributed by atoms with Gasteiger partial charge in [0.05, 0.1) is 11.7 Å². The van der Waals surface area contributed by atoms with Crippen LogP contribution in [0.3, 0.4) is 0 Å². The lowest BCUT2D eigenvalue weighted by molar-refractivity contribution is -0.0629. The van der Waals surface area contributed by atoms with Gasteiger partial charge in [0, 0.05) is 11.4 Å². The lowest BCUT2D eigenvalue weighted by Crippen LogP contribution is -2.40. The molecule has 0 radical (unpaired) electrons. The van der Waals surface area contributed by atoms with Gasteiger partial charge in [-0.05, 0) is 37.1 Å². The van der Waals surface area contributed by atoms with E-state index in [1.54, 1.807) is 13.8 Å². The molecule has 0 aliphatic heterocycles. The maximum Gasteiger partial charge on any atom is 0.123 e. The van der Waals surface area contributed by atoms with Crippen LogP contribution in [0.15, 0.2) is 18.2 Å². The Kier molecular flexibility index (Phi) is 4.30. The number of hydrogen-bond acceptors (Lipinski definition) is 2. The summed E-state index contributed by atoms with van der Waals surface area (Å²) < 4.78 is 13.0. The topological polar surface area (TPSA) is 40.5 Å². The fourth-order valence-corrected chi connectivity index (χ4v) is 1.56. The normalized spacial score (nSPS) is 16.9. The van der Waals surface area contributed by atoms with Crippen LogP contribution in [-0.4, -0.2) is 21.9 Å². The number of aliphatic hydroxyl groups is 2. The van der Waals surface area contributed by atoms with Crippen LogP contribution in [0.25, 0.3) is 0 Å². The zero-order valence-corrected chi connectivity index (χ0v) is 10.1. The Labute approximate surface area is 99.7 Å². The summed E-state index contributed by atoms with van der Waals surface area (Å²) in [6.45, 7) is 3.32. The molecule has 2 atom stereocenters. The predicted molar refractivity (Wildman–Crippen MR) is 62.0 cm³/mol. The Bertz CT molecular complexity index is 366. The predicted octanol–water partition coefficient (Wildman–Crippen LogP) is 2.54. The average Bonchev–Trinajstić information content (AvgIpc) is 2.23. The second-order valence-electron chi connectivity index (χ2n) is 4.17. The van der Waals surface area contributed by atoms with E-state index in [0.29, 0.717) is 17.0 Å². The lowest BCUT2D eigenvalue weighted by Gasteiger charge is -2.28.